The van der Waals surface area contributed by atoms with E-state index in [1.54, 1.807) is 48.6 Å². The molecule has 0 atom stereocenters. The van der Waals surface area contributed by atoms with Crippen molar-refractivity contribution in [2.45, 2.75) is 0 Å². The minimum atomic E-state index is -1.04. The Balaban J connectivity index is 0.000000211. The predicted molar refractivity (Wildman–Crippen MR) is 146 cm³/mol. The van der Waals surface area contributed by atoms with E-state index >= 15 is 0 Å². The van der Waals surface area contributed by atoms with Crippen LogP contribution in [0.25, 0.3) is 0 Å². The fraction of sp³-hybridized carbons (Fsp3) is 0.0625. The fourth-order valence-corrected chi connectivity index (χ4v) is 3.40. The summed E-state index contributed by atoms with van der Waals surface area (Å²) in [6, 6.07) is 24.8. The molecule has 0 N–H and O–H groups in total. The van der Waals surface area contributed by atoms with E-state index in [1.165, 1.54) is 22.2 Å². The van der Waals surface area contributed by atoms with Gasteiger partial charge in [0.1, 0.15) is 0 Å². The molecule has 0 unspecified atom stereocenters. The van der Waals surface area contributed by atoms with E-state index in [1.807, 2.05) is 60.7 Å². The van der Waals surface area contributed by atoms with E-state index < -0.39 is 34.9 Å². The van der Waals surface area contributed by atoms with Crippen LogP contribution < -0.4 is 9.80 Å². The zero-order valence-corrected chi connectivity index (χ0v) is 23.2. The van der Waals surface area contributed by atoms with Crippen LogP contribution in [0, 0.1) is 47.0 Å². The molecule has 0 amide bonds. The monoisotopic (exact) mass is 598 g/mol. The Bertz CT molecular complexity index is 1240. The van der Waals surface area contributed by atoms with E-state index in [0.29, 0.717) is 25.2 Å². The Morgan fingerprint density at radius 2 is 0.927 bits per heavy atom. The van der Waals surface area contributed by atoms with Crippen molar-refractivity contribution in [1.29, 1.82) is 0 Å². The van der Waals surface area contributed by atoms with E-state index in [-0.39, 0.29) is 33.1 Å². The summed E-state index contributed by atoms with van der Waals surface area (Å²) in [7, 11) is 0. The average Bonchev–Trinajstić information content (AvgIpc) is 3.69. The quantitative estimate of drug-likeness (QED) is 0.130. The molecular formula is C32H24F6N2Ti. The third-order valence-corrected chi connectivity index (χ3v) is 5.15. The van der Waals surface area contributed by atoms with Crippen molar-refractivity contribution < 1.29 is 48.1 Å². The maximum absolute atomic E-state index is 13.3. The fourth-order valence-electron chi connectivity index (χ4n) is 3.40. The first-order chi connectivity index (χ1) is 19.4. The molecular weight excluding hydrogens is 574 g/mol. The standard InChI is InChI=1S/2C11H7F3N.2C5H5.Ti/c2*12-8-6-9(13)11(10(14)7-8)15-4-2-1-3-5-15;2*1-2-4-5-3-1;/h2*1-4,6H,5H2;2*1-5H;/q4*-1;+4. The van der Waals surface area contributed by atoms with Gasteiger partial charge in [-0.3, -0.25) is 0 Å². The van der Waals surface area contributed by atoms with Crippen molar-refractivity contribution in [3.05, 3.63) is 169 Å². The third kappa shape index (κ3) is 10.8. The average molecular weight is 598 g/mol. The molecule has 6 rings (SSSR count). The van der Waals surface area contributed by atoms with Crippen LogP contribution in [0.15, 0.2) is 122 Å². The zero-order valence-electron chi connectivity index (χ0n) is 21.6. The second-order valence-electron chi connectivity index (χ2n) is 8.02. The summed E-state index contributed by atoms with van der Waals surface area (Å²) in [5, 5.41) is 0. The maximum Gasteiger partial charge on any atom is 4.00 e. The van der Waals surface area contributed by atoms with Crippen LogP contribution in [-0.2, 0) is 21.7 Å². The molecule has 0 aliphatic carbocycles. The van der Waals surface area contributed by atoms with Crippen molar-refractivity contribution in [3.63, 3.8) is 0 Å². The van der Waals surface area contributed by atoms with Crippen LogP contribution in [-0.4, -0.2) is 13.1 Å². The Kier molecular flexibility index (Phi) is 14.3. The van der Waals surface area contributed by atoms with Crippen LogP contribution in [0.2, 0.25) is 0 Å². The smallest absolute Gasteiger partial charge is 0.392 e. The van der Waals surface area contributed by atoms with Crippen molar-refractivity contribution >= 4 is 11.4 Å². The van der Waals surface area contributed by atoms with Crippen LogP contribution in [0.3, 0.4) is 0 Å². The van der Waals surface area contributed by atoms with Gasteiger partial charge in [0.05, 0.1) is 0 Å². The number of rotatable bonds is 2. The summed E-state index contributed by atoms with van der Waals surface area (Å²) in [5.41, 5.74) is -0.561. The van der Waals surface area contributed by atoms with Crippen molar-refractivity contribution in [2.24, 2.45) is 0 Å². The molecule has 2 aliphatic heterocycles. The number of halogens is 6. The van der Waals surface area contributed by atoms with Gasteiger partial charge in [0.25, 0.3) is 0 Å². The van der Waals surface area contributed by atoms with Gasteiger partial charge in [-0.2, -0.15) is 36.4 Å². The molecule has 41 heavy (non-hydrogen) atoms. The molecule has 0 spiro atoms. The van der Waals surface area contributed by atoms with Crippen LogP contribution in [0.1, 0.15) is 0 Å². The summed E-state index contributed by atoms with van der Waals surface area (Å²) >= 11 is 0. The molecule has 4 aromatic carbocycles. The summed E-state index contributed by atoms with van der Waals surface area (Å²) < 4.78 is 78.3. The number of anilines is 2. The Morgan fingerprint density at radius 1 is 0.561 bits per heavy atom. The Hall–Kier alpha value is -4.01. The van der Waals surface area contributed by atoms with Crippen molar-refractivity contribution in [2.75, 3.05) is 22.9 Å². The van der Waals surface area contributed by atoms with E-state index in [2.05, 4.69) is 0 Å². The van der Waals surface area contributed by atoms with Crippen LogP contribution >= 0.6 is 0 Å². The van der Waals surface area contributed by atoms with Gasteiger partial charge in [0, 0.05) is 59.4 Å². The van der Waals surface area contributed by atoms with E-state index in [0.717, 1.165) is 0 Å². The normalized spacial score (nSPS) is 12.7. The van der Waals surface area contributed by atoms with Gasteiger partial charge in [0.15, 0.2) is 0 Å². The number of hydrogen-bond donors (Lipinski definition) is 0. The minimum absolute atomic E-state index is 0. The molecule has 2 aliphatic rings. The Morgan fingerprint density at radius 3 is 1.17 bits per heavy atom. The molecule has 2 nitrogen and oxygen atoms in total. The topological polar surface area (TPSA) is 6.48 Å². The largest absolute Gasteiger partial charge is 4.00 e. The van der Waals surface area contributed by atoms with E-state index in [9.17, 15) is 26.3 Å². The zero-order chi connectivity index (χ0) is 28.7. The summed E-state index contributed by atoms with van der Waals surface area (Å²) in [5.74, 6) is -5.97. The van der Waals surface area contributed by atoms with Crippen LogP contribution in [0.5, 0.6) is 0 Å². The van der Waals surface area contributed by atoms with Gasteiger partial charge in [-0.15, -0.1) is 12.1 Å². The minimum Gasteiger partial charge on any atom is -0.392 e. The number of nitrogens with zero attached hydrogens (tertiary/aromatic N) is 2. The van der Waals surface area contributed by atoms with Crippen molar-refractivity contribution in [3.8, 4) is 0 Å². The van der Waals surface area contributed by atoms with Crippen molar-refractivity contribution in [1.82, 2.24) is 0 Å². The van der Waals surface area contributed by atoms with Gasteiger partial charge < -0.3 is 9.80 Å². The summed E-state index contributed by atoms with van der Waals surface area (Å²) in [6.45, 7) is 0.702. The predicted octanol–water partition coefficient (Wildman–Crippen LogP) is 8.40. The summed E-state index contributed by atoms with van der Waals surface area (Å²) in [6.07, 6.45) is 13.3. The molecule has 0 aromatic heterocycles. The second-order valence-corrected chi connectivity index (χ2v) is 8.02. The maximum atomic E-state index is 13.3. The number of allylic oxidation sites excluding steroid dienone is 4. The first-order valence-corrected chi connectivity index (χ1v) is 12.0. The molecule has 208 valence electrons. The second kappa shape index (κ2) is 17.6. The van der Waals surface area contributed by atoms with Gasteiger partial charge in [-0.25, -0.2) is 50.6 Å². The molecule has 9 heteroatoms. The van der Waals surface area contributed by atoms with Crippen LogP contribution in [0.4, 0.5) is 37.7 Å². The van der Waals surface area contributed by atoms with Gasteiger partial charge in [-0.05, 0) is 24.6 Å². The first-order valence-electron chi connectivity index (χ1n) is 12.0. The molecule has 0 bridgehead atoms. The molecule has 0 fully saturated rings. The van der Waals surface area contributed by atoms with Gasteiger partial charge in [0.2, 0.25) is 0 Å². The molecule has 0 saturated heterocycles. The SMILES string of the molecule is Fc1[c-]c(F)c(N2C=CC=CC2)c(F)c1.Fc1[c-]c(F)c(N2C=CC=CC2)c(F)c1.[Ti+4].c1cc[cH-]c1.c1cc[cH-]c1. The molecule has 2 heterocycles. The third-order valence-electron chi connectivity index (χ3n) is 5.15. The van der Waals surface area contributed by atoms with Gasteiger partial charge >= 0.3 is 21.7 Å². The number of hydrogen-bond acceptors (Lipinski definition) is 2. The number of benzene rings is 2. The molecule has 0 saturated carbocycles. The Labute approximate surface area is 250 Å². The van der Waals surface area contributed by atoms with Gasteiger partial charge in [-0.1, -0.05) is 36.4 Å². The summed E-state index contributed by atoms with van der Waals surface area (Å²) in [4.78, 5) is 2.70. The molecule has 4 aromatic rings. The first kappa shape index (κ1) is 33.2. The van der Waals surface area contributed by atoms with E-state index in [4.69, 9.17) is 0 Å². The molecule has 0 radical (unpaired) electrons.